The molecule has 1 atom stereocenters. The van der Waals surface area contributed by atoms with Gasteiger partial charge >= 0.3 is 0 Å². The van der Waals surface area contributed by atoms with E-state index in [1.54, 1.807) is 0 Å². The summed E-state index contributed by atoms with van der Waals surface area (Å²) < 4.78 is 2.05. The van der Waals surface area contributed by atoms with Crippen LogP contribution >= 0.6 is 0 Å². The Morgan fingerprint density at radius 1 is 1.06 bits per heavy atom. The lowest BCUT2D eigenvalue weighted by Crippen LogP contribution is -2.38. The van der Waals surface area contributed by atoms with Gasteiger partial charge in [-0.25, -0.2) is 4.98 Å². The van der Waals surface area contributed by atoms with Crippen LogP contribution in [-0.4, -0.2) is 45.9 Å². The predicted octanol–water partition coefficient (Wildman–Crippen LogP) is 3.88. The maximum absolute atomic E-state index is 13.1. The Morgan fingerprint density at radius 3 is 2.68 bits per heavy atom. The number of carbonyl (C=O) groups excluding carboxylic acids is 2. The monoisotopic (exact) mass is 416 g/mol. The fourth-order valence-corrected chi connectivity index (χ4v) is 4.88. The van der Waals surface area contributed by atoms with Gasteiger partial charge in [0.05, 0.1) is 11.0 Å². The maximum Gasteiger partial charge on any atom is 0.242 e. The van der Waals surface area contributed by atoms with E-state index in [-0.39, 0.29) is 24.3 Å². The number of amides is 2. The highest BCUT2D eigenvalue weighted by molar-refractivity contribution is 5.96. The largest absolute Gasteiger partial charge is 0.341 e. The van der Waals surface area contributed by atoms with E-state index in [9.17, 15) is 9.59 Å². The number of para-hydroxylation sites is 2. The van der Waals surface area contributed by atoms with Gasteiger partial charge in [-0.15, -0.1) is 0 Å². The molecule has 0 spiro atoms. The molecule has 0 unspecified atom stereocenters. The average molecular weight is 417 g/mol. The summed E-state index contributed by atoms with van der Waals surface area (Å²) in [6, 6.07) is 16.0. The summed E-state index contributed by atoms with van der Waals surface area (Å²) in [4.78, 5) is 34.7. The molecule has 0 bridgehead atoms. The van der Waals surface area contributed by atoms with Crippen molar-refractivity contribution < 1.29 is 9.59 Å². The number of anilines is 1. The third-order valence-electron chi connectivity index (χ3n) is 6.49. The zero-order valence-electron chi connectivity index (χ0n) is 18.0. The smallest absolute Gasteiger partial charge is 0.242 e. The van der Waals surface area contributed by atoms with Crippen LogP contribution < -0.4 is 4.90 Å². The molecular weight excluding hydrogens is 388 g/mol. The van der Waals surface area contributed by atoms with Crippen molar-refractivity contribution in [1.29, 1.82) is 0 Å². The van der Waals surface area contributed by atoms with Gasteiger partial charge in [-0.1, -0.05) is 24.3 Å². The lowest BCUT2D eigenvalue weighted by molar-refractivity contribution is -0.132. The first-order chi connectivity index (χ1) is 15.1. The molecule has 1 aromatic heterocycles. The molecule has 5 rings (SSSR count). The summed E-state index contributed by atoms with van der Waals surface area (Å²) in [5.41, 5.74) is 3.90. The van der Waals surface area contributed by atoms with Gasteiger partial charge in [0.25, 0.3) is 0 Å². The van der Waals surface area contributed by atoms with Gasteiger partial charge in [0, 0.05) is 37.7 Å². The summed E-state index contributed by atoms with van der Waals surface area (Å²) in [7, 11) is 0. The zero-order valence-corrected chi connectivity index (χ0v) is 18.0. The molecule has 2 amide bonds. The van der Waals surface area contributed by atoms with Crippen LogP contribution in [0.3, 0.4) is 0 Å². The minimum absolute atomic E-state index is 0.0328. The first kappa shape index (κ1) is 19.8. The number of benzene rings is 2. The molecule has 2 aliphatic heterocycles. The molecule has 3 aromatic rings. The van der Waals surface area contributed by atoms with E-state index in [0.29, 0.717) is 13.0 Å². The standard InChI is InChI=1S/C25H28N4O2/c1-18-8-7-9-20(14-18)28-16-19(15-23(28)30)25-26-21-10-3-4-11-22(21)29(25)17-24(31)27-12-5-2-6-13-27/h3-4,7-11,14,19H,2,5-6,12-13,15-17H2,1H3/t19-/m0/s1. The first-order valence-electron chi connectivity index (χ1n) is 11.2. The molecule has 2 saturated heterocycles. The Hall–Kier alpha value is -3.15. The predicted molar refractivity (Wildman–Crippen MR) is 121 cm³/mol. The molecule has 6 nitrogen and oxygen atoms in total. The molecule has 2 aromatic carbocycles. The first-order valence-corrected chi connectivity index (χ1v) is 11.2. The van der Waals surface area contributed by atoms with Crippen LogP contribution in [0.1, 0.15) is 43.0 Å². The molecule has 2 fully saturated rings. The molecule has 6 heteroatoms. The Labute approximate surface area is 182 Å². The highest BCUT2D eigenvalue weighted by Crippen LogP contribution is 2.33. The van der Waals surface area contributed by atoms with Crippen LogP contribution in [0.2, 0.25) is 0 Å². The molecule has 160 valence electrons. The number of aryl methyl sites for hydroxylation is 1. The third-order valence-corrected chi connectivity index (χ3v) is 6.49. The average Bonchev–Trinajstić information content (AvgIpc) is 3.35. The van der Waals surface area contributed by atoms with Crippen molar-refractivity contribution in [1.82, 2.24) is 14.5 Å². The van der Waals surface area contributed by atoms with Gasteiger partial charge in [0.15, 0.2) is 0 Å². The summed E-state index contributed by atoms with van der Waals surface area (Å²) in [5, 5.41) is 0. The zero-order chi connectivity index (χ0) is 21.4. The summed E-state index contributed by atoms with van der Waals surface area (Å²) >= 11 is 0. The number of rotatable bonds is 4. The van der Waals surface area contributed by atoms with E-state index >= 15 is 0 Å². The molecule has 2 aliphatic rings. The molecule has 0 saturated carbocycles. The van der Waals surface area contributed by atoms with Crippen molar-refractivity contribution in [2.24, 2.45) is 0 Å². The lowest BCUT2D eigenvalue weighted by Gasteiger charge is -2.27. The van der Waals surface area contributed by atoms with Gasteiger partial charge in [-0.2, -0.15) is 0 Å². The summed E-state index contributed by atoms with van der Waals surface area (Å²) in [5.74, 6) is 1.06. The summed E-state index contributed by atoms with van der Waals surface area (Å²) in [6.45, 7) is 4.58. The van der Waals surface area contributed by atoms with Gasteiger partial charge in [0.1, 0.15) is 12.4 Å². The van der Waals surface area contributed by atoms with Gasteiger partial charge in [-0.05, 0) is 56.0 Å². The quantitative estimate of drug-likeness (QED) is 0.649. The highest BCUT2D eigenvalue weighted by atomic mass is 16.2. The van der Waals surface area contributed by atoms with Crippen molar-refractivity contribution >= 4 is 28.5 Å². The fraction of sp³-hybridized carbons (Fsp3) is 0.400. The van der Waals surface area contributed by atoms with Gasteiger partial charge in [-0.3, -0.25) is 9.59 Å². The second-order valence-electron chi connectivity index (χ2n) is 8.73. The van der Waals surface area contributed by atoms with E-state index in [2.05, 4.69) is 0 Å². The van der Waals surface area contributed by atoms with Crippen molar-refractivity contribution in [2.75, 3.05) is 24.5 Å². The summed E-state index contributed by atoms with van der Waals surface area (Å²) in [6.07, 6.45) is 3.76. The number of likely N-dealkylation sites (tertiary alicyclic amines) is 1. The number of piperidine rings is 1. The lowest BCUT2D eigenvalue weighted by atomic mass is 10.1. The number of hydrogen-bond acceptors (Lipinski definition) is 3. The van der Waals surface area contributed by atoms with Crippen molar-refractivity contribution in [3.05, 3.63) is 59.9 Å². The maximum atomic E-state index is 13.1. The van der Waals surface area contributed by atoms with Gasteiger partial charge in [0.2, 0.25) is 11.8 Å². The number of nitrogens with zero attached hydrogens (tertiary/aromatic N) is 4. The Morgan fingerprint density at radius 2 is 1.87 bits per heavy atom. The second-order valence-corrected chi connectivity index (χ2v) is 8.73. The number of aromatic nitrogens is 2. The van der Waals surface area contributed by atoms with Crippen LogP contribution in [0, 0.1) is 6.92 Å². The van der Waals surface area contributed by atoms with E-state index in [0.717, 1.165) is 54.0 Å². The Bertz CT molecular complexity index is 1130. The number of imidazole rings is 1. The van der Waals surface area contributed by atoms with Crippen LogP contribution in [0.5, 0.6) is 0 Å². The second kappa shape index (κ2) is 8.17. The molecular formula is C25H28N4O2. The Balaban J connectivity index is 1.46. The van der Waals surface area contributed by atoms with Crippen molar-refractivity contribution in [3.8, 4) is 0 Å². The van der Waals surface area contributed by atoms with Crippen LogP contribution in [0.15, 0.2) is 48.5 Å². The van der Waals surface area contributed by atoms with Gasteiger partial charge < -0.3 is 14.4 Å². The number of hydrogen-bond donors (Lipinski definition) is 0. The third kappa shape index (κ3) is 3.82. The SMILES string of the molecule is Cc1cccc(N2C[C@@H](c3nc4ccccc4n3CC(=O)N3CCCCC3)CC2=O)c1. The molecule has 3 heterocycles. The normalized spacial score (nSPS) is 19.4. The van der Waals surface area contributed by atoms with E-state index in [1.807, 2.05) is 69.8 Å². The highest BCUT2D eigenvalue weighted by Gasteiger charge is 2.35. The number of fused-ring (bicyclic) bond motifs is 1. The molecule has 0 N–H and O–H groups in total. The van der Waals surface area contributed by atoms with Crippen LogP contribution in [0.25, 0.3) is 11.0 Å². The minimum atomic E-state index is -0.0328. The van der Waals surface area contributed by atoms with E-state index in [4.69, 9.17) is 4.98 Å². The van der Waals surface area contributed by atoms with Crippen molar-refractivity contribution in [2.45, 2.75) is 45.1 Å². The van der Waals surface area contributed by atoms with Crippen molar-refractivity contribution in [3.63, 3.8) is 0 Å². The minimum Gasteiger partial charge on any atom is -0.341 e. The number of carbonyl (C=O) groups is 2. The van der Waals surface area contributed by atoms with E-state index < -0.39 is 0 Å². The van der Waals surface area contributed by atoms with Crippen LogP contribution in [0.4, 0.5) is 5.69 Å². The molecule has 0 radical (unpaired) electrons. The molecule has 0 aliphatic carbocycles. The van der Waals surface area contributed by atoms with E-state index in [1.165, 1.54) is 6.42 Å². The topological polar surface area (TPSA) is 58.4 Å². The molecule has 31 heavy (non-hydrogen) atoms. The Kier molecular flexibility index (Phi) is 5.22. The fourth-order valence-electron chi connectivity index (χ4n) is 4.88. The van der Waals surface area contributed by atoms with Crippen LogP contribution in [-0.2, 0) is 16.1 Å².